The number of hydrogen-bond acceptors (Lipinski definition) is 3. The number of unbranched alkanes of at least 4 members (excludes halogenated alkanes) is 18. The van der Waals surface area contributed by atoms with Crippen molar-refractivity contribution in [2.75, 3.05) is 6.61 Å². The molecule has 35 heavy (non-hydrogen) atoms. The Labute approximate surface area is 217 Å². The number of esters is 1. The maximum absolute atomic E-state index is 11.6. The molecular formula is C31H56O4. The zero-order valence-electron chi connectivity index (χ0n) is 23.0. The summed E-state index contributed by atoms with van der Waals surface area (Å²) >= 11 is 0. The molecule has 1 N–H and O–H groups in total. The van der Waals surface area contributed by atoms with Crippen molar-refractivity contribution in [2.24, 2.45) is 5.92 Å². The van der Waals surface area contributed by atoms with Crippen molar-refractivity contribution in [3.05, 3.63) is 24.8 Å². The Morgan fingerprint density at radius 3 is 1.57 bits per heavy atom. The van der Waals surface area contributed by atoms with Crippen molar-refractivity contribution < 1.29 is 19.4 Å². The van der Waals surface area contributed by atoms with Gasteiger partial charge >= 0.3 is 11.9 Å². The quantitative estimate of drug-likeness (QED) is 0.0704. The van der Waals surface area contributed by atoms with E-state index in [1.165, 1.54) is 115 Å². The number of hydrogen-bond donors (Lipinski definition) is 1. The Hall–Kier alpha value is -1.58. The van der Waals surface area contributed by atoms with Gasteiger partial charge in [-0.2, -0.15) is 0 Å². The van der Waals surface area contributed by atoms with Crippen LogP contribution in [0.1, 0.15) is 148 Å². The molecule has 0 aliphatic rings. The van der Waals surface area contributed by atoms with E-state index in [1.807, 2.05) is 0 Å². The fourth-order valence-electron chi connectivity index (χ4n) is 4.42. The Morgan fingerprint density at radius 2 is 1.14 bits per heavy atom. The molecule has 0 rings (SSSR count). The van der Waals surface area contributed by atoms with Gasteiger partial charge in [-0.3, -0.25) is 9.59 Å². The van der Waals surface area contributed by atoms with Gasteiger partial charge in [0.2, 0.25) is 0 Å². The SMILES string of the molecule is C=CCOC(=O)CC(CCCCCCCCCCCCC/C=C/CCCCCCCCC)C(=O)O. The van der Waals surface area contributed by atoms with E-state index in [4.69, 9.17) is 4.74 Å². The summed E-state index contributed by atoms with van der Waals surface area (Å²) in [7, 11) is 0. The van der Waals surface area contributed by atoms with Gasteiger partial charge in [-0.1, -0.05) is 134 Å². The fourth-order valence-corrected chi connectivity index (χ4v) is 4.42. The minimum atomic E-state index is -0.903. The fraction of sp³-hybridized carbons (Fsp3) is 0.806. The topological polar surface area (TPSA) is 63.6 Å². The molecule has 0 saturated carbocycles. The third-order valence-corrected chi connectivity index (χ3v) is 6.69. The Bertz CT molecular complexity index is 526. The second kappa shape index (κ2) is 27.0. The Kier molecular flexibility index (Phi) is 25.8. The van der Waals surface area contributed by atoms with E-state index in [1.54, 1.807) is 0 Å². The monoisotopic (exact) mass is 492 g/mol. The van der Waals surface area contributed by atoms with Gasteiger partial charge in [-0.15, -0.1) is 0 Å². The Balaban J connectivity index is 3.38. The summed E-state index contributed by atoms with van der Waals surface area (Å²) in [5.41, 5.74) is 0. The molecule has 0 aliphatic heterocycles. The van der Waals surface area contributed by atoms with Crippen molar-refractivity contribution in [3.63, 3.8) is 0 Å². The smallest absolute Gasteiger partial charge is 0.307 e. The number of allylic oxidation sites excluding steroid dienone is 2. The zero-order chi connectivity index (χ0) is 25.8. The van der Waals surface area contributed by atoms with Crippen LogP contribution in [0.4, 0.5) is 0 Å². The van der Waals surface area contributed by atoms with Crippen molar-refractivity contribution in [1.82, 2.24) is 0 Å². The van der Waals surface area contributed by atoms with Crippen LogP contribution in [0.5, 0.6) is 0 Å². The van der Waals surface area contributed by atoms with E-state index in [9.17, 15) is 14.7 Å². The van der Waals surface area contributed by atoms with Crippen molar-refractivity contribution in [1.29, 1.82) is 0 Å². The lowest BCUT2D eigenvalue weighted by Crippen LogP contribution is -2.19. The number of carboxylic acids is 1. The molecule has 0 fully saturated rings. The van der Waals surface area contributed by atoms with Crippen molar-refractivity contribution in [2.45, 2.75) is 148 Å². The highest BCUT2D eigenvalue weighted by Gasteiger charge is 2.21. The predicted octanol–water partition coefficient (Wildman–Crippen LogP) is 9.57. The highest BCUT2D eigenvalue weighted by Crippen LogP contribution is 2.17. The van der Waals surface area contributed by atoms with Gasteiger partial charge in [-0.05, 0) is 32.1 Å². The van der Waals surface area contributed by atoms with Gasteiger partial charge in [0.05, 0.1) is 12.3 Å². The van der Waals surface area contributed by atoms with Gasteiger partial charge in [-0.25, -0.2) is 0 Å². The van der Waals surface area contributed by atoms with Crippen LogP contribution >= 0.6 is 0 Å². The minimum absolute atomic E-state index is 0.0429. The molecule has 0 aromatic carbocycles. The highest BCUT2D eigenvalue weighted by atomic mass is 16.5. The third kappa shape index (κ3) is 25.3. The molecule has 1 atom stereocenters. The summed E-state index contributed by atoms with van der Waals surface area (Å²) < 4.78 is 4.90. The molecule has 4 nitrogen and oxygen atoms in total. The number of ether oxygens (including phenoxy) is 1. The molecule has 0 aromatic heterocycles. The van der Waals surface area contributed by atoms with E-state index in [0.29, 0.717) is 6.42 Å². The second-order valence-corrected chi connectivity index (χ2v) is 10.1. The molecular weight excluding hydrogens is 436 g/mol. The number of carbonyl (C=O) groups is 2. The molecule has 0 heterocycles. The average molecular weight is 493 g/mol. The zero-order valence-corrected chi connectivity index (χ0v) is 23.0. The van der Waals surface area contributed by atoms with Crippen LogP contribution in [0.25, 0.3) is 0 Å². The van der Waals surface area contributed by atoms with Gasteiger partial charge in [0, 0.05) is 0 Å². The summed E-state index contributed by atoms with van der Waals surface area (Å²) in [6, 6.07) is 0. The summed E-state index contributed by atoms with van der Waals surface area (Å²) in [5.74, 6) is -1.99. The number of carbonyl (C=O) groups excluding carboxylic acids is 1. The maximum atomic E-state index is 11.6. The van der Waals surface area contributed by atoms with Crippen molar-refractivity contribution >= 4 is 11.9 Å². The first kappa shape index (κ1) is 33.4. The van der Waals surface area contributed by atoms with E-state index in [0.717, 1.165) is 19.3 Å². The first-order valence-electron chi connectivity index (χ1n) is 14.8. The molecule has 204 valence electrons. The lowest BCUT2D eigenvalue weighted by molar-refractivity contribution is -0.151. The molecule has 0 radical (unpaired) electrons. The predicted molar refractivity (Wildman–Crippen MR) is 149 cm³/mol. The van der Waals surface area contributed by atoms with Gasteiger partial charge in [0.1, 0.15) is 6.61 Å². The van der Waals surface area contributed by atoms with E-state index < -0.39 is 17.9 Å². The lowest BCUT2D eigenvalue weighted by atomic mass is 9.97. The molecule has 0 saturated heterocycles. The summed E-state index contributed by atoms with van der Waals surface area (Å²) in [4.78, 5) is 22.9. The number of rotatable bonds is 27. The summed E-state index contributed by atoms with van der Waals surface area (Å²) in [5, 5.41) is 9.29. The third-order valence-electron chi connectivity index (χ3n) is 6.69. The van der Waals surface area contributed by atoms with E-state index in [-0.39, 0.29) is 13.0 Å². The molecule has 0 aromatic rings. The lowest BCUT2D eigenvalue weighted by Gasteiger charge is -2.11. The first-order chi connectivity index (χ1) is 17.1. The van der Waals surface area contributed by atoms with Crippen molar-refractivity contribution in [3.8, 4) is 0 Å². The van der Waals surface area contributed by atoms with Crippen LogP contribution in [0.3, 0.4) is 0 Å². The number of aliphatic carboxylic acids is 1. The van der Waals surface area contributed by atoms with E-state index in [2.05, 4.69) is 25.7 Å². The van der Waals surface area contributed by atoms with Crippen LogP contribution in [-0.4, -0.2) is 23.7 Å². The van der Waals surface area contributed by atoms with Gasteiger partial charge < -0.3 is 9.84 Å². The maximum Gasteiger partial charge on any atom is 0.307 e. The van der Waals surface area contributed by atoms with Gasteiger partial charge in [0.15, 0.2) is 0 Å². The summed E-state index contributed by atoms with van der Waals surface area (Å²) in [6.07, 6.45) is 32.6. The normalized spacial score (nSPS) is 12.1. The molecule has 0 bridgehead atoms. The average Bonchev–Trinajstić information content (AvgIpc) is 2.84. The standard InChI is InChI=1S/C31H56O4/c1-3-5-6-7-8-9-10-11-12-13-14-15-16-17-18-19-20-21-22-23-24-25-26-29(31(33)34)28-30(32)35-27-4-2/h4,12-13,29H,2-3,5-11,14-28H2,1H3,(H,33,34)/b13-12+. The minimum Gasteiger partial charge on any atom is -0.481 e. The van der Waals surface area contributed by atoms with Gasteiger partial charge in [0.25, 0.3) is 0 Å². The molecule has 4 heteroatoms. The Morgan fingerprint density at radius 1 is 0.714 bits per heavy atom. The molecule has 1 unspecified atom stereocenters. The van der Waals surface area contributed by atoms with Crippen LogP contribution in [0, 0.1) is 5.92 Å². The molecule has 0 aliphatic carbocycles. The summed E-state index contributed by atoms with van der Waals surface area (Å²) in [6.45, 7) is 5.90. The largest absolute Gasteiger partial charge is 0.481 e. The first-order valence-corrected chi connectivity index (χ1v) is 14.8. The van der Waals surface area contributed by atoms with Crippen LogP contribution in [0.2, 0.25) is 0 Å². The van der Waals surface area contributed by atoms with Crippen LogP contribution < -0.4 is 0 Å². The van der Waals surface area contributed by atoms with Crippen LogP contribution in [0.15, 0.2) is 24.8 Å². The highest BCUT2D eigenvalue weighted by molar-refractivity contribution is 5.78. The number of carboxylic acid groups (broad SMARTS) is 1. The molecule has 0 spiro atoms. The van der Waals surface area contributed by atoms with Crippen LogP contribution in [-0.2, 0) is 14.3 Å². The second-order valence-electron chi connectivity index (χ2n) is 10.1. The van der Waals surface area contributed by atoms with E-state index >= 15 is 0 Å². The molecule has 0 amide bonds.